The van der Waals surface area contributed by atoms with Crippen molar-refractivity contribution in [3.63, 3.8) is 0 Å². The van der Waals surface area contributed by atoms with Gasteiger partial charge < -0.3 is 10.1 Å². The quantitative estimate of drug-likeness (QED) is 0.275. The molecule has 0 aromatic heterocycles. The first-order chi connectivity index (χ1) is 8.82. The molecule has 1 fully saturated rings. The molecule has 0 unspecified atom stereocenters. The van der Waals surface area contributed by atoms with Gasteiger partial charge in [0.05, 0.1) is 0 Å². The van der Waals surface area contributed by atoms with E-state index in [4.69, 9.17) is 23.8 Å². The molecule has 1 aliphatic heterocycles. The van der Waals surface area contributed by atoms with Crippen LogP contribution in [-0.4, -0.2) is 38.1 Å². The van der Waals surface area contributed by atoms with E-state index < -0.39 is 0 Å². The summed E-state index contributed by atoms with van der Waals surface area (Å²) in [6.07, 6.45) is 1.58. The molecule has 1 aromatic rings. The minimum Gasteiger partial charge on any atom is -0.623 e. The predicted octanol–water partition coefficient (Wildman–Crippen LogP) is 3.34. The van der Waals surface area contributed by atoms with Gasteiger partial charge in [-0.25, -0.2) is 0 Å². The van der Waals surface area contributed by atoms with Crippen LogP contribution in [0.5, 0.6) is 0 Å². The zero-order valence-corrected chi connectivity index (χ0v) is 13.4. The molecule has 3 nitrogen and oxygen atoms in total. The van der Waals surface area contributed by atoms with Gasteiger partial charge in [0.2, 0.25) is 5.37 Å². The SMILES string of the molecule is CN1C(=S)S[C@H](/[N+]([O-])=C/c2ccc(Cl)cc2)C1(C)C. The summed E-state index contributed by atoms with van der Waals surface area (Å²) < 4.78 is 1.73. The Kier molecular flexibility index (Phi) is 4.08. The number of hydrogen-bond acceptors (Lipinski definition) is 3. The van der Waals surface area contributed by atoms with Crippen LogP contribution >= 0.6 is 35.6 Å². The fourth-order valence-electron chi connectivity index (χ4n) is 1.85. The Morgan fingerprint density at radius 2 is 2.00 bits per heavy atom. The fourth-order valence-corrected chi connectivity index (χ4v) is 3.68. The molecule has 0 aliphatic carbocycles. The third kappa shape index (κ3) is 2.88. The zero-order valence-electron chi connectivity index (χ0n) is 11.0. The predicted molar refractivity (Wildman–Crippen MR) is 86.1 cm³/mol. The normalized spacial score (nSPS) is 22.9. The summed E-state index contributed by atoms with van der Waals surface area (Å²) in [4.78, 5) is 1.97. The highest BCUT2D eigenvalue weighted by Gasteiger charge is 2.48. The Balaban J connectivity index is 2.27. The molecular formula is C13H15ClN2OS2. The molecule has 2 rings (SSSR count). The van der Waals surface area contributed by atoms with Crippen molar-refractivity contribution in [1.29, 1.82) is 0 Å². The Morgan fingerprint density at radius 3 is 2.47 bits per heavy atom. The summed E-state index contributed by atoms with van der Waals surface area (Å²) in [6, 6.07) is 7.18. The van der Waals surface area contributed by atoms with Crippen LogP contribution < -0.4 is 0 Å². The van der Waals surface area contributed by atoms with E-state index in [2.05, 4.69) is 0 Å². The Bertz CT molecular complexity index is 528. The topological polar surface area (TPSA) is 29.3 Å². The number of nitrogens with zero attached hydrogens (tertiary/aromatic N) is 2. The second-order valence-electron chi connectivity index (χ2n) is 4.99. The molecular weight excluding hydrogens is 300 g/mol. The number of hydroxylamine groups is 1. The minimum atomic E-state index is -0.299. The minimum absolute atomic E-state index is 0.249. The highest BCUT2D eigenvalue weighted by atomic mass is 35.5. The van der Waals surface area contributed by atoms with Gasteiger partial charge in [0, 0.05) is 17.6 Å². The Morgan fingerprint density at radius 1 is 1.42 bits per heavy atom. The maximum Gasteiger partial charge on any atom is 0.238 e. The van der Waals surface area contributed by atoms with Gasteiger partial charge in [-0.1, -0.05) is 23.8 Å². The van der Waals surface area contributed by atoms with Gasteiger partial charge in [0.25, 0.3) is 0 Å². The van der Waals surface area contributed by atoms with Crippen LogP contribution in [0.3, 0.4) is 0 Å². The number of thiocarbonyl (C=S) groups is 1. The van der Waals surface area contributed by atoms with Crippen LogP contribution in [0.15, 0.2) is 24.3 Å². The first-order valence-electron chi connectivity index (χ1n) is 5.83. The van der Waals surface area contributed by atoms with Gasteiger partial charge >= 0.3 is 0 Å². The van der Waals surface area contributed by atoms with Crippen LogP contribution in [0.2, 0.25) is 5.02 Å². The third-order valence-corrected chi connectivity index (χ3v) is 5.63. The summed E-state index contributed by atoms with van der Waals surface area (Å²) in [6.45, 7) is 4.04. The first kappa shape index (κ1) is 14.6. The number of rotatable bonds is 2. The largest absolute Gasteiger partial charge is 0.623 e. The van der Waals surface area contributed by atoms with E-state index in [9.17, 15) is 5.21 Å². The molecule has 0 spiro atoms. The van der Waals surface area contributed by atoms with Crippen molar-refractivity contribution >= 4 is 46.1 Å². The Labute approximate surface area is 127 Å². The smallest absolute Gasteiger partial charge is 0.238 e. The lowest BCUT2D eigenvalue weighted by molar-refractivity contribution is -0.480. The maximum atomic E-state index is 12.3. The van der Waals surface area contributed by atoms with Crippen LogP contribution in [0.1, 0.15) is 19.4 Å². The summed E-state index contributed by atoms with van der Waals surface area (Å²) >= 11 is 12.5. The van der Waals surface area contributed by atoms with Gasteiger partial charge in [-0.05, 0) is 49.9 Å². The number of hydrogen-bond donors (Lipinski definition) is 0. The van der Waals surface area contributed by atoms with E-state index in [1.165, 1.54) is 11.8 Å². The molecule has 1 atom stereocenters. The summed E-state index contributed by atoms with van der Waals surface area (Å²) in [5.41, 5.74) is 0.531. The second-order valence-corrected chi connectivity index (χ2v) is 7.14. The summed E-state index contributed by atoms with van der Waals surface area (Å²) in [5, 5.41) is 12.7. The number of benzene rings is 1. The number of thioether (sulfide) groups is 1. The van der Waals surface area contributed by atoms with Crippen molar-refractivity contribution in [2.24, 2.45) is 0 Å². The van der Waals surface area contributed by atoms with E-state index in [1.54, 1.807) is 18.3 Å². The van der Waals surface area contributed by atoms with Gasteiger partial charge in [-0.15, -0.1) is 0 Å². The van der Waals surface area contributed by atoms with Crippen LogP contribution in [0.4, 0.5) is 0 Å². The van der Waals surface area contributed by atoms with Gasteiger partial charge in [-0.3, -0.25) is 0 Å². The fraction of sp³-hybridized carbons (Fsp3) is 0.385. The molecule has 1 aliphatic rings. The molecule has 6 heteroatoms. The monoisotopic (exact) mass is 314 g/mol. The molecule has 0 radical (unpaired) electrons. The van der Waals surface area contributed by atoms with E-state index in [1.807, 2.05) is 37.9 Å². The first-order valence-corrected chi connectivity index (χ1v) is 7.49. The molecule has 0 amide bonds. The number of likely N-dealkylation sites (N-methyl/N-ethyl adjacent to an activating group) is 1. The van der Waals surface area contributed by atoms with E-state index in [0.717, 1.165) is 14.6 Å². The van der Waals surface area contributed by atoms with Gasteiger partial charge in [0.1, 0.15) is 9.86 Å². The molecule has 19 heavy (non-hydrogen) atoms. The third-order valence-electron chi connectivity index (χ3n) is 3.33. The second kappa shape index (κ2) is 5.31. The molecule has 1 aromatic carbocycles. The average Bonchev–Trinajstić information content (AvgIpc) is 2.56. The highest BCUT2D eigenvalue weighted by molar-refractivity contribution is 8.23. The lowest BCUT2D eigenvalue weighted by Crippen LogP contribution is -2.47. The van der Waals surface area contributed by atoms with Gasteiger partial charge in [-0.2, -0.15) is 4.74 Å². The van der Waals surface area contributed by atoms with Crippen molar-refractivity contribution in [3.8, 4) is 0 Å². The van der Waals surface area contributed by atoms with E-state index in [-0.39, 0.29) is 10.9 Å². The van der Waals surface area contributed by atoms with Crippen molar-refractivity contribution in [1.82, 2.24) is 4.90 Å². The molecule has 0 bridgehead atoms. The standard InChI is InChI=1S/C13H15ClN2OS2/c1-13(2)11(19-12(18)15(13)3)16(17)8-9-4-6-10(14)7-5-9/h4-8,11H,1-3H3/b16-8-/t11-/m0/s1. The molecule has 0 N–H and O–H groups in total. The Hall–Kier alpha value is -0.780. The highest BCUT2D eigenvalue weighted by Crippen LogP contribution is 2.38. The van der Waals surface area contributed by atoms with Gasteiger partial charge in [0.15, 0.2) is 6.21 Å². The molecule has 1 heterocycles. The number of halogens is 1. The summed E-state index contributed by atoms with van der Waals surface area (Å²) in [5.74, 6) is 0. The van der Waals surface area contributed by atoms with Crippen LogP contribution in [0, 0.1) is 5.21 Å². The van der Waals surface area contributed by atoms with Crippen LogP contribution in [-0.2, 0) is 0 Å². The maximum absolute atomic E-state index is 12.3. The van der Waals surface area contributed by atoms with Crippen molar-refractivity contribution in [2.45, 2.75) is 24.8 Å². The lowest BCUT2D eigenvalue weighted by atomic mass is 10.0. The van der Waals surface area contributed by atoms with Crippen molar-refractivity contribution in [2.75, 3.05) is 7.05 Å². The molecule has 102 valence electrons. The lowest BCUT2D eigenvalue weighted by Gasteiger charge is -2.30. The molecule has 1 saturated heterocycles. The van der Waals surface area contributed by atoms with Crippen molar-refractivity contribution < 1.29 is 4.74 Å². The van der Waals surface area contributed by atoms with E-state index in [0.29, 0.717) is 5.02 Å². The van der Waals surface area contributed by atoms with Crippen molar-refractivity contribution in [3.05, 3.63) is 40.1 Å². The molecule has 0 saturated carbocycles. The average molecular weight is 315 g/mol. The summed E-state index contributed by atoms with van der Waals surface area (Å²) in [7, 11) is 1.92. The van der Waals surface area contributed by atoms with Crippen LogP contribution in [0.25, 0.3) is 0 Å². The van der Waals surface area contributed by atoms with E-state index >= 15 is 0 Å². The zero-order chi connectivity index (χ0) is 14.2.